The van der Waals surface area contributed by atoms with Crippen molar-refractivity contribution < 1.29 is 13.2 Å². The van der Waals surface area contributed by atoms with Crippen LogP contribution in [0.2, 0.25) is 10.0 Å². The normalized spacial score (nSPS) is 15.4. The summed E-state index contributed by atoms with van der Waals surface area (Å²) in [5.41, 5.74) is 1.76. The zero-order valence-corrected chi connectivity index (χ0v) is 18.9. The molecule has 0 unspecified atom stereocenters. The van der Waals surface area contributed by atoms with E-state index in [0.717, 1.165) is 11.3 Å². The summed E-state index contributed by atoms with van der Waals surface area (Å²) < 4.78 is 28.9. The average Bonchev–Trinajstić information content (AvgIpc) is 3.18. The number of nitrogens with one attached hydrogen (secondary N) is 1. The van der Waals surface area contributed by atoms with Gasteiger partial charge in [-0.05, 0) is 30.3 Å². The summed E-state index contributed by atoms with van der Waals surface area (Å²) in [5, 5.41) is 3.37. The molecule has 0 radical (unpaired) electrons. The molecule has 0 spiro atoms. The van der Waals surface area contributed by atoms with Crippen LogP contribution in [0, 0.1) is 0 Å². The molecular weight excluding hydrogens is 461 g/mol. The third-order valence-electron chi connectivity index (χ3n) is 5.13. The summed E-state index contributed by atoms with van der Waals surface area (Å²) in [6, 6.07) is 9.81. The zero-order valence-electron chi connectivity index (χ0n) is 16.5. The van der Waals surface area contributed by atoms with Crippen LogP contribution in [0.1, 0.15) is 5.69 Å². The van der Waals surface area contributed by atoms with Crippen molar-refractivity contribution in [1.29, 1.82) is 0 Å². The van der Waals surface area contributed by atoms with E-state index in [-0.39, 0.29) is 29.0 Å². The molecule has 1 aliphatic heterocycles. The van der Waals surface area contributed by atoms with Gasteiger partial charge in [0, 0.05) is 51.5 Å². The number of hydrogen-bond donors (Lipinski definition) is 1. The second kappa shape index (κ2) is 9.04. The first kappa shape index (κ1) is 21.9. The number of sulfonamides is 1. The number of carbonyl (C=O) groups is 1. The number of halogens is 2. The lowest BCUT2D eigenvalue weighted by Gasteiger charge is -2.34. The molecule has 11 heteroatoms. The Balaban J connectivity index is 1.28. The highest BCUT2D eigenvalue weighted by Gasteiger charge is 2.30. The molecule has 1 N–H and O–H groups in total. The SMILES string of the molecule is O=C(NCCc1cn2ccccc2n1)N1CCN(S(=O)(=O)c2ccc(Cl)c(Cl)c2)CC1. The maximum absolute atomic E-state index is 12.8. The molecule has 3 heterocycles. The Labute approximate surface area is 190 Å². The van der Waals surface area contributed by atoms with Gasteiger partial charge in [-0.3, -0.25) is 0 Å². The van der Waals surface area contributed by atoms with Gasteiger partial charge in [0.05, 0.1) is 20.6 Å². The highest BCUT2D eigenvalue weighted by Crippen LogP contribution is 2.27. The van der Waals surface area contributed by atoms with E-state index in [1.807, 2.05) is 35.0 Å². The lowest BCUT2D eigenvalue weighted by Crippen LogP contribution is -2.53. The van der Waals surface area contributed by atoms with Crippen molar-refractivity contribution in [3.8, 4) is 0 Å². The highest BCUT2D eigenvalue weighted by molar-refractivity contribution is 7.89. The van der Waals surface area contributed by atoms with Crippen LogP contribution in [0.15, 0.2) is 53.7 Å². The van der Waals surface area contributed by atoms with Gasteiger partial charge in [0.15, 0.2) is 0 Å². The Morgan fingerprint density at radius 1 is 1.06 bits per heavy atom. The van der Waals surface area contributed by atoms with Crippen molar-refractivity contribution in [3.05, 3.63) is 64.5 Å². The number of benzene rings is 1. The molecule has 2 amide bonds. The predicted octanol–water partition coefficient (Wildman–Crippen LogP) is 2.90. The Morgan fingerprint density at radius 3 is 2.55 bits per heavy atom. The van der Waals surface area contributed by atoms with E-state index in [0.29, 0.717) is 31.1 Å². The number of aromatic nitrogens is 2. The second-order valence-corrected chi connectivity index (χ2v) is 9.90. The number of carbonyl (C=O) groups excluding carboxylic acids is 1. The number of pyridine rings is 1. The Morgan fingerprint density at radius 2 is 1.84 bits per heavy atom. The van der Waals surface area contributed by atoms with Crippen LogP contribution in [0.25, 0.3) is 5.65 Å². The fourth-order valence-electron chi connectivity index (χ4n) is 3.43. The minimum absolute atomic E-state index is 0.0901. The summed E-state index contributed by atoms with van der Waals surface area (Å²) in [6.07, 6.45) is 4.48. The molecule has 0 bridgehead atoms. The van der Waals surface area contributed by atoms with E-state index in [9.17, 15) is 13.2 Å². The first-order valence-corrected chi connectivity index (χ1v) is 11.9. The monoisotopic (exact) mass is 481 g/mol. The van der Waals surface area contributed by atoms with E-state index in [1.165, 1.54) is 22.5 Å². The summed E-state index contributed by atoms with van der Waals surface area (Å²) in [7, 11) is -3.69. The first-order valence-electron chi connectivity index (χ1n) is 9.75. The molecule has 1 saturated heterocycles. The molecule has 2 aromatic heterocycles. The van der Waals surface area contributed by atoms with Crippen LogP contribution in [-0.4, -0.2) is 65.8 Å². The Hall–Kier alpha value is -2.33. The van der Waals surface area contributed by atoms with Crippen LogP contribution in [0.4, 0.5) is 4.79 Å². The summed E-state index contributed by atoms with van der Waals surface area (Å²) in [4.78, 5) is 18.7. The number of fused-ring (bicyclic) bond motifs is 1. The number of rotatable bonds is 5. The van der Waals surface area contributed by atoms with E-state index >= 15 is 0 Å². The van der Waals surface area contributed by atoms with Crippen molar-refractivity contribution in [2.24, 2.45) is 0 Å². The van der Waals surface area contributed by atoms with Gasteiger partial charge in [0.2, 0.25) is 10.0 Å². The average molecular weight is 482 g/mol. The molecule has 0 saturated carbocycles. The molecule has 0 aliphatic carbocycles. The predicted molar refractivity (Wildman–Crippen MR) is 119 cm³/mol. The number of nitrogens with zero attached hydrogens (tertiary/aromatic N) is 4. The van der Waals surface area contributed by atoms with Gasteiger partial charge in [-0.1, -0.05) is 29.3 Å². The van der Waals surface area contributed by atoms with E-state index in [2.05, 4.69) is 10.3 Å². The molecule has 4 rings (SSSR count). The van der Waals surface area contributed by atoms with Crippen LogP contribution < -0.4 is 5.32 Å². The van der Waals surface area contributed by atoms with Gasteiger partial charge >= 0.3 is 6.03 Å². The van der Waals surface area contributed by atoms with Crippen molar-refractivity contribution in [2.75, 3.05) is 32.7 Å². The standard InChI is InChI=1S/C20H21Cl2N5O3S/c21-17-5-4-16(13-18(17)22)31(29,30)27-11-9-25(10-12-27)20(28)23-7-6-15-14-26-8-2-1-3-19(26)24-15/h1-5,8,13-14H,6-7,9-12H2,(H,23,28). The number of hydrogen-bond acceptors (Lipinski definition) is 4. The fourth-order valence-corrected chi connectivity index (χ4v) is 5.25. The first-order chi connectivity index (χ1) is 14.8. The molecule has 3 aromatic rings. The summed E-state index contributed by atoms with van der Waals surface area (Å²) in [6.45, 7) is 1.48. The summed E-state index contributed by atoms with van der Waals surface area (Å²) in [5.74, 6) is 0. The van der Waals surface area contributed by atoms with Gasteiger partial charge in [0.1, 0.15) is 5.65 Å². The lowest BCUT2D eigenvalue weighted by molar-refractivity contribution is 0.172. The largest absolute Gasteiger partial charge is 0.338 e. The van der Waals surface area contributed by atoms with E-state index < -0.39 is 10.0 Å². The van der Waals surface area contributed by atoms with Crippen LogP contribution in [0.5, 0.6) is 0 Å². The summed E-state index contributed by atoms with van der Waals surface area (Å²) >= 11 is 11.8. The zero-order chi connectivity index (χ0) is 22.0. The van der Waals surface area contributed by atoms with Crippen molar-refractivity contribution in [1.82, 2.24) is 23.9 Å². The van der Waals surface area contributed by atoms with Gasteiger partial charge in [-0.2, -0.15) is 4.31 Å². The fraction of sp³-hybridized carbons (Fsp3) is 0.300. The van der Waals surface area contributed by atoms with E-state index in [1.54, 1.807) is 4.90 Å². The third-order valence-corrected chi connectivity index (χ3v) is 7.76. The molecule has 0 atom stereocenters. The third kappa shape index (κ3) is 4.79. The lowest BCUT2D eigenvalue weighted by atomic mass is 10.3. The molecule has 164 valence electrons. The molecule has 1 aromatic carbocycles. The molecular formula is C20H21Cl2N5O3S. The van der Waals surface area contributed by atoms with Crippen LogP contribution in [-0.2, 0) is 16.4 Å². The quantitative estimate of drug-likeness (QED) is 0.606. The second-order valence-electron chi connectivity index (χ2n) is 7.15. The van der Waals surface area contributed by atoms with Crippen molar-refractivity contribution in [3.63, 3.8) is 0 Å². The molecule has 1 fully saturated rings. The van der Waals surface area contributed by atoms with Gasteiger partial charge in [0.25, 0.3) is 0 Å². The minimum atomic E-state index is -3.69. The molecule has 1 aliphatic rings. The smallest absolute Gasteiger partial charge is 0.317 e. The number of amides is 2. The number of urea groups is 1. The number of piperazine rings is 1. The van der Waals surface area contributed by atoms with Gasteiger partial charge in [-0.15, -0.1) is 0 Å². The molecule has 31 heavy (non-hydrogen) atoms. The number of imidazole rings is 1. The maximum Gasteiger partial charge on any atom is 0.317 e. The van der Waals surface area contributed by atoms with Crippen LogP contribution in [0.3, 0.4) is 0 Å². The Bertz CT molecular complexity index is 1170. The van der Waals surface area contributed by atoms with Gasteiger partial charge < -0.3 is 14.6 Å². The topological polar surface area (TPSA) is 87.0 Å². The van der Waals surface area contributed by atoms with Crippen molar-refractivity contribution >= 4 is 44.9 Å². The minimum Gasteiger partial charge on any atom is -0.338 e. The molecule has 8 nitrogen and oxygen atoms in total. The van der Waals surface area contributed by atoms with Crippen molar-refractivity contribution in [2.45, 2.75) is 11.3 Å². The highest BCUT2D eigenvalue weighted by atomic mass is 35.5. The Kier molecular flexibility index (Phi) is 6.38. The maximum atomic E-state index is 12.8. The van der Waals surface area contributed by atoms with Crippen LogP contribution >= 0.6 is 23.2 Å². The van der Waals surface area contributed by atoms with Gasteiger partial charge in [-0.25, -0.2) is 18.2 Å². The van der Waals surface area contributed by atoms with E-state index in [4.69, 9.17) is 23.2 Å².